The van der Waals surface area contributed by atoms with Crippen molar-refractivity contribution in [3.8, 4) is 0 Å². The number of nitrogens with zero attached hydrogens (tertiary/aromatic N) is 1. The molecule has 0 radical (unpaired) electrons. The number of sulfonamides is 1. The van der Waals surface area contributed by atoms with Gasteiger partial charge in [0.05, 0.1) is 0 Å². The number of nitrogens with two attached hydrogens (primary N) is 1. The molecule has 96 valence electrons. The lowest BCUT2D eigenvalue weighted by molar-refractivity contribution is 0.391. The lowest BCUT2D eigenvalue weighted by atomic mass is 10.3. The first-order valence-corrected chi connectivity index (χ1v) is 7.17. The molecule has 0 aliphatic rings. The molecule has 1 unspecified atom stereocenters. The van der Waals surface area contributed by atoms with Crippen molar-refractivity contribution < 1.29 is 12.8 Å². The Morgan fingerprint density at radius 3 is 2.65 bits per heavy atom. The number of rotatable bonds is 4. The number of hydrogen-bond donors (Lipinski definition) is 1. The summed E-state index contributed by atoms with van der Waals surface area (Å²) in [7, 11) is -2.47. The number of likely N-dealkylation sites (N-methyl/N-ethyl adjacent to an activating group) is 1. The van der Waals surface area contributed by atoms with Gasteiger partial charge in [-0.2, -0.15) is 4.31 Å². The van der Waals surface area contributed by atoms with Crippen LogP contribution in [0.4, 0.5) is 4.39 Å². The van der Waals surface area contributed by atoms with Gasteiger partial charge in [0.15, 0.2) is 0 Å². The summed E-state index contributed by atoms with van der Waals surface area (Å²) in [6.45, 7) is 1.83. The fraction of sp³-hybridized carbons (Fsp3) is 0.400. The van der Waals surface area contributed by atoms with Gasteiger partial charge in [0.1, 0.15) is 10.7 Å². The van der Waals surface area contributed by atoms with Gasteiger partial charge in [0.2, 0.25) is 10.0 Å². The van der Waals surface area contributed by atoms with Crippen LogP contribution in [0, 0.1) is 5.82 Å². The Morgan fingerprint density at radius 1 is 1.53 bits per heavy atom. The van der Waals surface area contributed by atoms with Crippen molar-refractivity contribution in [2.75, 3.05) is 13.6 Å². The van der Waals surface area contributed by atoms with E-state index in [9.17, 15) is 12.8 Å². The molecule has 0 spiro atoms. The SMILES string of the molecule is CC(CN)N(C)S(=O)(=O)c1cc(Br)ccc1F. The zero-order valence-electron chi connectivity index (χ0n) is 9.52. The van der Waals surface area contributed by atoms with Crippen LogP contribution in [0.5, 0.6) is 0 Å². The molecular formula is C10H14BrFN2O2S. The zero-order chi connectivity index (χ0) is 13.2. The molecule has 0 aliphatic heterocycles. The summed E-state index contributed by atoms with van der Waals surface area (Å²) in [6, 6.07) is 3.40. The minimum atomic E-state index is -3.86. The average Bonchev–Trinajstić information content (AvgIpc) is 2.30. The maximum atomic E-state index is 13.5. The molecule has 4 nitrogen and oxygen atoms in total. The summed E-state index contributed by atoms with van der Waals surface area (Å²) in [5.41, 5.74) is 5.41. The van der Waals surface area contributed by atoms with E-state index in [2.05, 4.69) is 15.9 Å². The maximum Gasteiger partial charge on any atom is 0.246 e. The molecule has 0 saturated heterocycles. The van der Waals surface area contributed by atoms with Crippen LogP contribution in [-0.4, -0.2) is 32.4 Å². The largest absolute Gasteiger partial charge is 0.329 e. The molecule has 0 bridgehead atoms. The second-order valence-corrected chi connectivity index (χ2v) is 6.56. The van der Waals surface area contributed by atoms with Crippen LogP contribution in [0.3, 0.4) is 0 Å². The normalized spacial score (nSPS) is 14.0. The topological polar surface area (TPSA) is 63.4 Å². The zero-order valence-corrected chi connectivity index (χ0v) is 11.9. The van der Waals surface area contributed by atoms with Gasteiger partial charge < -0.3 is 5.73 Å². The standard InChI is InChI=1S/C10H14BrFN2O2S/c1-7(6-13)14(2)17(15,16)10-5-8(11)3-4-9(10)12/h3-5,7H,6,13H2,1-2H3. The molecule has 0 heterocycles. The van der Waals surface area contributed by atoms with Gasteiger partial charge in [-0.3, -0.25) is 0 Å². The quantitative estimate of drug-likeness (QED) is 0.914. The van der Waals surface area contributed by atoms with Crippen LogP contribution in [0.1, 0.15) is 6.92 Å². The molecule has 1 atom stereocenters. The van der Waals surface area contributed by atoms with E-state index in [4.69, 9.17) is 5.73 Å². The Morgan fingerprint density at radius 2 is 2.12 bits per heavy atom. The van der Waals surface area contributed by atoms with E-state index in [1.54, 1.807) is 6.92 Å². The molecule has 1 aromatic carbocycles. The second-order valence-electron chi connectivity index (χ2n) is 3.68. The van der Waals surface area contributed by atoms with E-state index >= 15 is 0 Å². The Labute approximate surface area is 109 Å². The Balaban J connectivity index is 3.26. The Hall–Kier alpha value is -0.500. The molecule has 17 heavy (non-hydrogen) atoms. The van der Waals surface area contributed by atoms with Crippen LogP contribution in [0.2, 0.25) is 0 Å². The Kier molecular flexibility index (Phi) is 4.65. The lowest BCUT2D eigenvalue weighted by Crippen LogP contribution is -2.39. The summed E-state index contributed by atoms with van der Waals surface area (Å²) >= 11 is 3.12. The third-order valence-electron chi connectivity index (χ3n) is 2.51. The van der Waals surface area contributed by atoms with Gasteiger partial charge in [0.25, 0.3) is 0 Å². The highest BCUT2D eigenvalue weighted by atomic mass is 79.9. The predicted molar refractivity (Wildman–Crippen MR) is 67.6 cm³/mol. The van der Waals surface area contributed by atoms with Crippen molar-refractivity contribution in [1.82, 2.24) is 4.31 Å². The average molecular weight is 325 g/mol. The van der Waals surface area contributed by atoms with Gasteiger partial charge in [-0.05, 0) is 25.1 Å². The van der Waals surface area contributed by atoms with E-state index in [0.717, 1.165) is 10.4 Å². The fourth-order valence-electron chi connectivity index (χ4n) is 1.22. The highest BCUT2D eigenvalue weighted by Crippen LogP contribution is 2.23. The second kappa shape index (κ2) is 5.43. The minimum Gasteiger partial charge on any atom is -0.329 e. The van der Waals surface area contributed by atoms with Crippen LogP contribution >= 0.6 is 15.9 Å². The first-order valence-electron chi connectivity index (χ1n) is 4.94. The van der Waals surface area contributed by atoms with Gasteiger partial charge in [-0.15, -0.1) is 0 Å². The van der Waals surface area contributed by atoms with Gasteiger partial charge in [-0.1, -0.05) is 15.9 Å². The number of halogens is 2. The van der Waals surface area contributed by atoms with Crippen LogP contribution in [0.25, 0.3) is 0 Å². The molecule has 0 fully saturated rings. The summed E-state index contributed by atoms with van der Waals surface area (Å²) in [5.74, 6) is -0.774. The summed E-state index contributed by atoms with van der Waals surface area (Å²) in [5, 5.41) is 0. The summed E-state index contributed by atoms with van der Waals surface area (Å²) in [4.78, 5) is -0.352. The van der Waals surface area contributed by atoms with Gasteiger partial charge in [0, 0.05) is 24.1 Å². The number of benzene rings is 1. The first-order chi connectivity index (χ1) is 7.80. The summed E-state index contributed by atoms with van der Waals surface area (Å²) < 4.78 is 39.3. The van der Waals surface area contributed by atoms with Crippen molar-refractivity contribution in [3.63, 3.8) is 0 Å². The van der Waals surface area contributed by atoms with E-state index in [1.807, 2.05) is 0 Å². The maximum absolute atomic E-state index is 13.5. The number of hydrogen-bond acceptors (Lipinski definition) is 3. The third-order valence-corrected chi connectivity index (χ3v) is 4.99. The van der Waals surface area contributed by atoms with E-state index < -0.39 is 21.9 Å². The molecule has 2 N–H and O–H groups in total. The highest BCUT2D eigenvalue weighted by molar-refractivity contribution is 9.10. The van der Waals surface area contributed by atoms with Crippen LogP contribution in [-0.2, 0) is 10.0 Å². The van der Waals surface area contributed by atoms with Crippen molar-refractivity contribution in [2.45, 2.75) is 17.9 Å². The molecule has 0 aromatic heterocycles. The molecule has 1 rings (SSSR count). The molecule has 0 saturated carbocycles. The lowest BCUT2D eigenvalue weighted by Gasteiger charge is -2.23. The summed E-state index contributed by atoms with van der Waals surface area (Å²) in [6.07, 6.45) is 0. The van der Waals surface area contributed by atoms with Crippen molar-refractivity contribution >= 4 is 26.0 Å². The van der Waals surface area contributed by atoms with Crippen molar-refractivity contribution in [2.24, 2.45) is 5.73 Å². The van der Waals surface area contributed by atoms with Gasteiger partial charge >= 0.3 is 0 Å². The highest BCUT2D eigenvalue weighted by Gasteiger charge is 2.27. The van der Waals surface area contributed by atoms with Crippen molar-refractivity contribution in [1.29, 1.82) is 0 Å². The van der Waals surface area contributed by atoms with E-state index in [-0.39, 0.29) is 11.4 Å². The third kappa shape index (κ3) is 3.04. The minimum absolute atomic E-state index is 0.172. The van der Waals surface area contributed by atoms with E-state index in [0.29, 0.717) is 4.47 Å². The molecule has 7 heteroatoms. The predicted octanol–water partition coefficient (Wildman–Crippen LogP) is 1.56. The monoisotopic (exact) mass is 324 g/mol. The van der Waals surface area contributed by atoms with Crippen LogP contribution < -0.4 is 5.73 Å². The molecular weight excluding hydrogens is 311 g/mol. The smallest absolute Gasteiger partial charge is 0.246 e. The molecule has 1 aromatic rings. The first kappa shape index (κ1) is 14.6. The molecule has 0 aliphatic carbocycles. The van der Waals surface area contributed by atoms with Crippen LogP contribution in [0.15, 0.2) is 27.6 Å². The Bertz CT molecular complexity index is 507. The van der Waals surface area contributed by atoms with E-state index in [1.165, 1.54) is 19.2 Å². The molecule has 0 amide bonds. The fourth-order valence-corrected chi connectivity index (χ4v) is 3.19. The van der Waals surface area contributed by atoms with Gasteiger partial charge in [-0.25, -0.2) is 12.8 Å². The van der Waals surface area contributed by atoms with Crippen molar-refractivity contribution in [3.05, 3.63) is 28.5 Å².